The molecular formula is C9H15NOS2. The zero-order chi connectivity index (χ0) is 10.0. The Bertz CT molecular complexity index is 340. The summed E-state index contributed by atoms with van der Waals surface area (Å²) < 4.78 is 1.85. The average molecular weight is 217 g/mol. The fraction of sp³-hybridized carbons (Fsp3) is 0.667. The number of thiol groups is 1. The second kappa shape index (κ2) is 4.33. The standard InChI is InChI=1S/C9H15NOS2/c1-6(5-12)4-10-7(2)8(3)13-9(10)11/h6,12H,4-5H2,1-3H3. The van der Waals surface area contributed by atoms with Crippen LogP contribution in [-0.2, 0) is 6.54 Å². The molecule has 0 bridgehead atoms. The fourth-order valence-electron chi connectivity index (χ4n) is 1.17. The van der Waals surface area contributed by atoms with E-state index in [1.807, 2.05) is 18.4 Å². The molecule has 1 heterocycles. The van der Waals surface area contributed by atoms with Gasteiger partial charge in [-0.15, -0.1) is 0 Å². The minimum Gasteiger partial charge on any atom is -0.303 e. The van der Waals surface area contributed by atoms with E-state index >= 15 is 0 Å². The summed E-state index contributed by atoms with van der Waals surface area (Å²) in [4.78, 5) is 12.7. The molecule has 0 aliphatic carbocycles. The first kappa shape index (κ1) is 10.9. The Hall–Kier alpha value is -0.220. The van der Waals surface area contributed by atoms with E-state index in [9.17, 15) is 4.79 Å². The van der Waals surface area contributed by atoms with Crippen LogP contribution in [-0.4, -0.2) is 10.3 Å². The summed E-state index contributed by atoms with van der Waals surface area (Å²) >= 11 is 5.54. The van der Waals surface area contributed by atoms with Crippen molar-refractivity contribution in [3.05, 3.63) is 20.2 Å². The molecule has 0 radical (unpaired) electrons. The number of thiazole rings is 1. The normalized spacial score (nSPS) is 13.2. The van der Waals surface area contributed by atoms with Gasteiger partial charge >= 0.3 is 4.87 Å². The van der Waals surface area contributed by atoms with Gasteiger partial charge < -0.3 is 4.57 Å². The van der Waals surface area contributed by atoms with Gasteiger partial charge in [-0.05, 0) is 25.5 Å². The first-order valence-corrected chi connectivity index (χ1v) is 5.78. The summed E-state index contributed by atoms with van der Waals surface area (Å²) in [6.45, 7) is 6.88. The Kier molecular flexibility index (Phi) is 3.62. The molecule has 0 saturated carbocycles. The predicted molar refractivity (Wildman–Crippen MR) is 61.1 cm³/mol. The molecule has 2 nitrogen and oxygen atoms in total. The number of nitrogens with zero attached hydrogens (tertiary/aromatic N) is 1. The zero-order valence-corrected chi connectivity index (χ0v) is 9.91. The van der Waals surface area contributed by atoms with Crippen molar-refractivity contribution in [1.29, 1.82) is 0 Å². The summed E-state index contributed by atoms with van der Waals surface area (Å²) in [5.41, 5.74) is 1.10. The maximum atomic E-state index is 11.5. The van der Waals surface area contributed by atoms with Crippen molar-refractivity contribution >= 4 is 24.0 Å². The lowest BCUT2D eigenvalue weighted by molar-refractivity contribution is 0.517. The van der Waals surface area contributed by atoms with E-state index in [-0.39, 0.29) is 4.87 Å². The van der Waals surface area contributed by atoms with Crippen LogP contribution in [0.1, 0.15) is 17.5 Å². The van der Waals surface area contributed by atoms with Crippen molar-refractivity contribution in [2.45, 2.75) is 27.3 Å². The molecule has 0 aliphatic rings. The Labute approximate surface area is 88.0 Å². The molecule has 13 heavy (non-hydrogen) atoms. The quantitative estimate of drug-likeness (QED) is 0.769. The molecule has 1 unspecified atom stereocenters. The van der Waals surface area contributed by atoms with E-state index in [0.717, 1.165) is 22.9 Å². The SMILES string of the molecule is Cc1sc(=O)n(CC(C)CS)c1C. The topological polar surface area (TPSA) is 22.0 Å². The van der Waals surface area contributed by atoms with Crippen LogP contribution < -0.4 is 4.87 Å². The van der Waals surface area contributed by atoms with Gasteiger partial charge in [0.25, 0.3) is 0 Å². The van der Waals surface area contributed by atoms with Crippen molar-refractivity contribution in [1.82, 2.24) is 4.57 Å². The summed E-state index contributed by atoms with van der Waals surface area (Å²) in [5, 5.41) is 0. The molecular weight excluding hydrogens is 202 g/mol. The van der Waals surface area contributed by atoms with Gasteiger partial charge in [-0.1, -0.05) is 18.3 Å². The van der Waals surface area contributed by atoms with Gasteiger partial charge in [0.05, 0.1) is 0 Å². The minimum atomic E-state index is 0.156. The summed E-state index contributed by atoms with van der Waals surface area (Å²) in [6.07, 6.45) is 0. The summed E-state index contributed by atoms with van der Waals surface area (Å²) in [7, 11) is 0. The Morgan fingerprint density at radius 3 is 2.54 bits per heavy atom. The third-order valence-corrected chi connectivity index (χ3v) is 3.80. The van der Waals surface area contributed by atoms with Crippen LogP contribution in [0.4, 0.5) is 0 Å². The summed E-state index contributed by atoms with van der Waals surface area (Å²) in [6, 6.07) is 0. The van der Waals surface area contributed by atoms with E-state index < -0.39 is 0 Å². The van der Waals surface area contributed by atoms with Gasteiger partial charge in [-0.3, -0.25) is 4.79 Å². The number of hydrogen-bond donors (Lipinski definition) is 1. The predicted octanol–water partition coefficient (Wildman–Crippen LogP) is 2.09. The lowest BCUT2D eigenvalue weighted by atomic mass is 10.2. The van der Waals surface area contributed by atoms with E-state index in [1.54, 1.807) is 0 Å². The first-order valence-electron chi connectivity index (χ1n) is 4.34. The van der Waals surface area contributed by atoms with Gasteiger partial charge in [0.1, 0.15) is 0 Å². The van der Waals surface area contributed by atoms with Crippen molar-refractivity contribution in [2.75, 3.05) is 5.75 Å². The van der Waals surface area contributed by atoms with Crippen LogP contribution in [0.25, 0.3) is 0 Å². The molecule has 0 saturated heterocycles. The van der Waals surface area contributed by atoms with Crippen LogP contribution >= 0.6 is 24.0 Å². The van der Waals surface area contributed by atoms with E-state index in [2.05, 4.69) is 19.6 Å². The highest BCUT2D eigenvalue weighted by atomic mass is 32.1. The highest BCUT2D eigenvalue weighted by Gasteiger charge is 2.09. The maximum Gasteiger partial charge on any atom is 0.307 e. The van der Waals surface area contributed by atoms with E-state index in [4.69, 9.17) is 0 Å². The molecule has 4 heteroatoms. The van der Waals surface area contributed by atoms with Gasteiger partial charge in [-0.2, -0.15) is 12.6 Å². The molecule has 0 fully saturated rings. The third-order valence-electron chi connectivity index (χ3n) is 2.18. The third kappa shape index (κ3) is 2.38. The molecule has 0 aromatic carbocycles. The van der Waals surface area contributed by atoms with Gasteiger partial charge in [-0.25, -0.2) is 0 Å². The van der Waals surface area contributed by atoms with Gasteiger partial charge in [0, 0.05) is 17.1 Å². The monoisotopic (exact) mass is 217 g/mol. The van der Waals surface area contributed by atoms with Crippen molar-refractivity contribution in [3.8, 4) is 0 Å². The molecule has 0 aliphatic heterocycles. The lowest BCUT2D eigenvalue weighted by Gasteiger charge is -2.09. The smallest absolute Gasteiger partial charge is 0.303 e. The summed E-state index contributed by atoms with van der Waals surface area (Å²) in [5.74, 6) is 1.27. The van der Waals surface area contributed by atoms with E-state index in [1.165, 1.54) is 11.3 Å². The molecule has 1 atom stereocenters. The van der Waals surface area contributed by atoms with Crippen molar-refractivity contribution < 1.29 is 0 Å². The Balaban J connectivity index is 2.94. The van der Waals surface area contributed by atoms with Crippen LogP contribution in [0.5, 0.6) is 0 Å². The highest BCUT2D eigenvalue weighted by molar-refractivity contribution is 7.80. The van der Waals surface area contributed by atoms with Crippen LogP contribution in [0.15, 0.2) is 4.79 Å². The van der Waals surface area contributed by atoms with Crippen molar-refractivity contribution in [3.63, 3.8) is 0 Å². The fourth-order valence-corrected chi connectivity index (χ4v) is 2.12. The second-order valence-corrected chi connectivity index (χ2v) is 4.94. The van der Waals surface area contributed by atoms with Crippen LogP contribution in [0.3, 0.4) is 0 Å². The zero-order valence-electron chi connectivity index (χ0n) is 8.20. The lowest BCUT2D eigenvalue weighted by Crippen LogP contribution is -2.19. The number of hydrogen-bond acceptors (Lipinski definition) is 3. The molecule has 1 rings (SSSR count). The average Bonchev–Trinajstić information content (AvgIpc) is 2.32. The van der Waals surface area contributed by atoms with Gasteiger partial charge in [0.15, 0.2) is 0 Å². The molecule has 0 N–H and O–H groups in total. The highest BCUT2D eigenvalue weighted by Crippen LogP contribution is 2.11. The van der Waals surface area contributed by atoms with E-state index in [0.29, 0.717) is 5.92 Å². The van der Waals surface area contributed by atoms with Crippen molar-refractivity contribution in [2.24, 2.45) is 5.92 Å². The number of rotatable bonds is 3. The first-order chi connectivity index (χ1) is 6.06. The maximum absolute atomic E-state index is 11.5. The molecule has 1 aromatic heterocycles. The number of aryl methyl sites for hydroxylation is 1. The molecule has 1 aromatic rings. The minimum absolute atomic E-state index is 0.156. The Morgan fingerprint density at radius 1 is 1.54 bits per heavy atom. The molecule has 0 amide bonds. The van der Waals surface area contributed by atoms with Gasteiger partial charge in [0.2, 0.25) is 0 Å². The largest absolute Gasteiger partial charge is 0.307 e. The second-order valence-electron chi connectivity index (χ2n) is 3.41. The Morgan fingerprint density at radius 2 is 2.15 bits per heavy atom. The van der Waals surface area contributed by atoms with Crippen LogP contribution in [0, 0.1) is 19.8 Å². The molecule has 0 spiro atoms. The number of aromatic nitrogens is 1. The van der Waals surface area contributed by atoms with Crippen LogP contribution in [0.2, 0.25) is 0 Å². The molecule has 74 valence electrons.